The van der Waals surface area contributed by atoms with Crippen molar-refractivity contribution in [1.29, 1.82) is 0 Å². The van der Waals surface area contributed by atoms with Crippen LogP contribution >= 0.6 is 0 Å². The summed E-state index contributed by atoms with van der Waals surface area (Å²) in [6, 6.07) is 17.7. The number of hydrogen-bond acceptors (Lipinski definition) is 2. The Hall–Kier alpha value is -3.08. The van der Waals surface area contributed by atoms with Crippen LogP contribution in [0, 0.1) is 5.92 Å². The maximum atomic E-state index is 12.8. The molecule has 2 heterocycles. The lowest BCUT2D eigenvalue weighted by molar-refractivity contribution is -0.128. The average Bonchev–Trinajstić information content (AvgIpc) is 3.24. The summed E-state index contributed by atoms with van der Waals surface area (Å²) in [6.45, 7) is 0.552. The second-order valence-electron chi connectivity index (χ2n) is 7.07. The van der Waals surface area contributed by atoms with E-state index in [2.05, 4.69) is 16.4 Å². The van der Waals surface area contributed by atoms with Gasteiger partial charge in [-0.1, -0.05) is 48.5 Å². The highest BCUT2D eigenvalue weighted by molar-refractivity contribution is 5.90. The lowest BCUT2D eigenvalue weighted by Gasteiger charge is -2.24. The number of H-pyrrole nitrogens is 1. The topological polar surface area (TPSA) is 65.2 Å². The molecule has 1 aromatic heterocycles. The number of fused-ring (bicyclic) bond motifs is 1. The number of benzene rings is 2. The molecule has 0 aliphatic carbocycles. The minimum atomic E-state index is -0.354. The lowest BCUT2D eigenvalue weighted by atomic mass is 9.93. The number of hydrogen-bond donors (Lipinski definition) is 2. The molecule has 0 radical (unpaired) electrons. The number of likely N-dealkylation sites (tertiary alicyclic amines) is 1. The van der Waals surface area contributed by atoms with Gasteiger partial charge in [0.15, 0.2) is 0 Å². The molecule has 5 heteroatoms. The van der Waals surface area contributed by atoms with E-state index in [1.807, 2.05) is 54.7 Å². The van der Waals surface area contributed by atoms with Gasteiger partial charge >= 0.3 is 0 Å². The fourth-order valence-corrected chi connectivity index (χ4v) is 4.00. The zero-order valence-corrected chi connectivity index (χ0v) is 15.3. The van der Waals surface area contributed by atoms with Gasteiger partial charge in [-0.25, -0.2) is 0 Å². The van der Waals surface area contributed by atoms with Crippen LogP contribution in [-0.4, -0.2) is 35.3 Å². The first-order valence-electron chi connectivity index (χ1n) is 9.28. The van der Waals surface area contributed by atoms with Crippen molar-refractivity contribution in [3.05, 3.63) is 71.9 Å². The summed E-state index contributed by atoms with van der Waals surface area (Å²) in [4.78, 5) is 30.0. The molecule has 3 aromatic rings. The molecule has 27 heavy (non-hydrogen) atoms. The number of aromatic nitrogens is 1. The molecule has 1 aliphatic rings. The van der Waals surface area contributed by atoms with Crippen molar-refractivity contribution in [3.63, 3.8) is 0 Å². The van der Waals surface area contributed by atoms with E-state index in [1.165, 1.54) is 10.9 Å². The van der Waals surface area contributed by atoms with Crippen LogP contribution in [0.1, 0.15) is 23.6 Å². The number of nitrogens with one attached hydrogen (secondary N) is 2. The molecule has 0 bridgehead atoms. The van der Waals surface area contributed by atoms with Crippen LogP contribution < -0.4 is 5.32 Å². The molecular weight excluding hydrogens is 338 g/mol. The summed E-state index contributed by atoms with van der Waals surface area (Å²) in [7, 11) is 1.78. The van der Waals surface area contributed by atoms with Crippen LogP contribution in [0.25, 0.3) is 10.9 Å². The van der Waals surface area contributed by atoms with Gasteiger partial charge < -0.3 is 15.2 Å². The van der Waals surface area contributed by atoms with E-state index in [1.54, 1.807) is 11.9 Å². The first-order chi connectivity index (χ1) is 13.1. The van der Waals surface area contributed by atoms with Crippen LogP contribution in [0.3, 0.4) is 0 Å². The Balaban J connectivity index is 1.43. The maximum Gasteiger partial charge on any atom is 0.226 e. The van der Waals surface area contributed by atoms with Crippen molar-refractivity contribution in [3.8, 4) is 0 Å². The number of nitrogens with zero attached hydrogens (tertiary/aromatic N) is 1. The van der Waals surface area contributed by atoms with Crippen molar-refractivity contribution in [2.24, 2.45) is 5.92 Å². The Morgan fingerprint density at radius 1 is 1.15 bits per heavy atom. The van der Waals surface area contributed by atoms with Crippen LogP contribution in [0.5, 0.6) is 0 Å². The molecule has 2 unspecified atom stereocenters. The fourth-order valence-electron chi connectivity index (χ4n) is 4.00. The molecule has 5 nitrogen and oxygen atoms in total. The van der Waals surface area contributed by atoms with Gasteiger partial charge in [-0.05, 0) is 23.6 Å². The predicted octanol–water partition coefficient (Wildman–Crippen LogP) is 3.05. The molecular formula is C22H23N3O2. The van der Waals surface area contributed by atoms with Gasteiger partial charge in [-0.15, -0.1) is 0 Å². The SMILES string of the molecule is CN1C(=O)CC(C(=O)NCCc2c[nH]c3ccccc23)C1c1ccccc1. The van der Waals surface area contributed by atoms with Crippen molar-refractivity contribution in [2.75, 3.05) is 13.6 Å². The molecule has 0 saturated carbocycles. The van der Waals surface area contributed by atoms with E-state index in [4.69, 9.17) is 0 Å². The number of aromatic amines is 1. The molecule has 2 aromatic carbocycles. The predicted molar refractivity (Wildman–Crippen MR) is 105 cm³/mol. The Kier molecular flexibility index (Phi) is 4.67. The van der Waals surface area contributed by atoms with E-state index in [0.717, 1.165) is 17.5 Å². The summed E-state index contributed by atoms with van der Waals surface area (Å²) < 4.78 is 0. The second kappa shape index (κ2) is 7.27. The third-order valence-electron chi connectivity index (χ3n) is 5.43. The first-order valence-corrected chi connectivity index (χ1v) is 9.28. The van der Waals surface area contributed by atoms with E-state index in [0.29, 0.717) is 6.54 Å². The van der Waals surface area contributed by atoms with Gasteiger partial charge in [0.1, 0.15) is 0 Å². The quantitative estimate of drug-likeness (QED) is 0.734. The van der Waals surface area contributed by atoms with Crippen molar-refractivity contribution in [1.82, 2.24) is 15.2 Å². The monoisotopic (exact) mass is 361 g/mol. The Morgan fingerprint density at radius 2 is 1.89 bits per heavy atom. The molecule has 2 atom stereocenters. The summed E-state index contributed by atoms with van der Waals surface area (Å²) in [5, 5.41) is 4.22. The normalized spacial score (nSPS) is 19.6. The van der Waals surface area contributed by atoms with Crippen LogP contribution in [0.15, 0.2) is 60.8 Å². The summed E-state index contributed by atoms with van der Waals surface area (Å²) >= 11 is 0. The molecule has 2 amide bonds. The molecule has 1 aliphatic heterocycles. The summed E-state index contributed by atoms with van der Waals surface area (Å²) in [6.07, 6.45) is 3.01. The molecule has 1 fully saturated rings. The number of carbonyl (C=O) groups excluding carboxylic acids is 2. The highest BCUT2D eigenvalue weighted by Gasteiger charge is 2.42. The summed E-state index contributed by atoms with van der Waals surface area (Å²) in [5.41, 5.74) is 3.29. The van der Waals surface area contributed by atoms with E-state index in [9.17, 15) is 9.59 Å². The van der Waals surface area contributed by atoms with Gasteiger partial charge in [0.25, 0.3) is 0 Å². The Labute approximate surface area is 158 Å². The number of carbonyl (C=O) groups is 2. The minimum absolute atomic E-state index is 0.0145. The van der Waals surface area contributed by atoms with E-state index < -0.39 is 0 Å². The highest BCUT2D eigenvalue weighted by atomic mass is 16.2. The summed E-state index contributed by atoms with van der Waals surface area (Å²) in [5.74, 6) is -0.394. The fraction of sp³-hybridized carbons (Fsp3) is 0.273. The third-order valence-corrected chi connectivity index (χ3v) is 5.43. The number of amides is 2. The number of para-hydroxylation sites is 1. The minimum Gasteiger partial charge on any atom is -0.361 e. The van der Waals surface area contributed by atoms with Crippen molar-refractivity contribution >= 4 is 22.7 Å². The van der Waals surface area contributed by atoms with Gasteiger partial charge in [0, 0.05) is 37.1 Å². The van der Waals surface area contributed by atoms with Crippen LogP contribution in [0.2, 0.25) is 0 Å². The van der Waals surface area contributed by atoms with Gasteiger partial charge in [0.2, 0.25) is 11.8 Å². The second-order valence-corrected chi connectivity index (χ2v) is 7.07. The van der Waals surface area contributed by atoms with Crippen LogP contribution in [-0.2, 0) is 16.0 Å². The smallest absolute Gasteiger partial charge is 0.226 e. The van der Waals surface area contributed by atoms with E-state index in [-0.39, 0.29) is 30.2 Å². The zero-order valence-electron chi connectivity index (χ0n) is 15.3. The molecule has 2 N–H and O–H groups in total. The zero-order chi connectivity index (χ0) is 18.8. The molecule has 4 rings (SSSR count). The Morgan fingerprint density at radius 3 is 2.70 bits per heavy atom. The van der Waals surface area contributed by atoms with Gasteiger partial charge in [-0.2, -0.15) is 0 Å². The molecule has 138 valence electrons. The third kappa shape index (κ3) is 3.33. The molecule has 0 spiro atoms. The number of rotatable bonds is 5. The standard InChI is InChI=1S/C22H23N3O2/c1-25-20(26)13-18(21(25)15-7-3-2-4-8-15)22(27)23-12-11-16-14-24-19-10-6-5-9-17(16)19/h2-10,14,18,21,24H,11-13H2,1H3,(H,23,27). The lowest BCUT2D eigenvalue weighted by Crippen LogP contribution is -2.35. The van der Waals surface area contributed by atoms with Crippen molar-refractivity contribution < 1.29 is 9.59 Å². The van der Waals surface area contributed by atoms with E-state index >= 15 is 0 Å². The van der Waals surface area contributed by atoms with Gasteiger partial charge in [-0.3, -0.25) is 9.59 Å². The Bertz CT molecular complexity index is 964. The first kappa shape index (κ1) is 17.3. The maximum absolute atomic E-state index is 12.8. The van der Waals surface area contributed by atoms with Gasteiger partial charge in [0.05, 0.1) is 12.0 Å². The molecule has 1 saturated heterocycles. The highest BCUT2D eigenvalue weighted by Crippen LogP contribution is 2.36. The van der Waals surface area contributed by atoms with Crippen LogP contribution in [0.4, 0.5) is 0 Å². The largest absolute Gasteiger partial charge is 0.361 e. The van der Waals surface area contributed by atoms with Crippen molar-refractivity contribution in [2.45, 2.75) is 18.9 Å². The average molecular weight is 361 g/mol.